The molecule has 2 heterocycles. The molecular weight excluding hydrogens is 234 g/mol. The van der Waals surface area contributed by atoms with Crippen molar-refractivity contribution < 1.29 is 0 Å². The quantitative estimate of drug-likeness (QED) is 0.821. The third kappa shape index (κ3) is 2.75. The minimum atomic E-state index is 0.840. The van der Waals surface area contributed by atoms with Gasteiger partial charge < -0.3 is 4.90 Å². The van der Waals surface area contributed by atoms with Crippen LogP contribution in [0.15, 0.2) is 42.7 Å². The molecule has 1 aliphatic rings. The van der Waals surface area contributed by atoms with Gasteiger partial charge in [-0.25, -0.2) is 9.97 Å². The van der Waals surface area contributed by atoms with E-state index in [1.165, 1.54) is 12.8 Å². The fourth-order valence-corrected chi connectivity index (χ4v) is 2.52. The predicted octanol–water partition coefficient (Wildman–Crippen LogP) is 3.38. The molecular formula is C16H19N3. The maximum absolute atomic E-state index is 4.43. The summed E-state index contributed by atoms with van der Waals surface area (Å²) in [4.78, 5) is 11.2. The van der Waals surface area contributed by atoms with Gasteiger partial charge in [0.2, 0.25) is 0 Å². The number of rotatable bonds is 2. The SMILES string of the molecule is CC1CCN(c2cc(-c3ccccc3)ncn2)CC1. The van der Waals surface area contributed by atoms with Crippen LogP contribution in [0.2, 0.25) is 0 Å². The van der Waals surface area contributed by atoms with Crippen LogP contribution in [-0.4, -0.2) is 23.1 Å². The maximum Gasteiger partial charge on any atom is 0.132 e. The predicted molar refractivity (Wildman–Crippen MR) is 78.1 cm³/mol. The molecule has 0 N–H and O–H groups in total. The minimum Gasteiger partial charge on any atom is -0.356 e. The Morgan fingerprint density at radius 1 is 1.05 bits per heavy atom. The van der Waals surface area contributed by atoms with Crippen molar-refractivity contribution in [3.63, 3.8) is 0 Å². The molecule has 0 amide bonds. The van der Waals surface area contributed by atoms with Crippen LogP contribution in [0.1, 0.15) is 19.8 Å². The average molecular weight is 253 g/mol. The Balaban J connectivity index is 1.84. The first kappa shape index (κ1) is 12.2. The zero-order chi connectivity index (χ0) is 13.1. The normalized spacial score (nSPS) is 16.6. The molecule has 0 atom stereocenters. The molecule has 0 unspecified atom stereocenters. The molecule has 3 nitrogen and oxygen atoms in total. The van der Waals surface area contributed by atoms with Gasteiger partial charge >= 0.3 is 0 Å². The second-order valence-electron chi connectivity index (χ2n) is 5.30. The third-order valence-electron chi connectivity index (χ3n) is 3.83. The van der Waals surface area contributed by atoms with Gasteiger partial charge in [0, 0.05) is 24.7 Å². The highest BCUT2D eigenvalue weighted by atomic mass is 15.2. The molecule has 1 aromatic heterocycles. The van der Waals surface area contributed by atoms with Gasteiger partial charge in [-0.3, -0.25) is 0 Å². The summed E-state index contributed by atoms with van der Waals surface area (Å²) < 4.78 is 0. The fraction of sp³-hybridized carbons (Fsp3) is 0.375. The lowest BCUT2D eigenvalue weighted by molar-refractivity contribution is 0.436. The molecule has 0 spiro atoms. The molecule has 1 aromatic carbocycles. The van der Waals surface area contributed by atoms with E-state index in [1.807, 2.05) is 18.2 Å². The highest BCUT2D eigenvalue weighted by Gasteiger charge is 2.17. The van der Waals surface area contributed by atoms with Gasteiger partial charge in [0.1, 0.15) is 12.1 Å². The van der Waals surface area contributed by atoms with Crippen LogP contribution in [0.5, 0.6) is 0 Å². The zero-order valence-electron chi connectivity index (χ0n) is 11.3. The Morgan fingerprint density at radius 3 is 2.53 bits per heavy atom. The molecule has 0 bridgehead atoms. The molecule has 3 rings (SSSR count). The van der Waals surface area contributed by atoms with E-state index in [2.05, 4.69) is 40.0 Å². The fourth-order valence-electron chi connectivity index (χ4n) is 2.52. The number of hydrogen-bond acceptors (Lipinski definition) is 3. The molecule has 1 aliphatic heterocycles. The van der Waals surface area contributed by atoms with E-state index in [9.17, 15) is 0 Å². The smallest absolute Gasteiger partial charge is 0.132 e. The third-order valence-corrected chi connectivity index (χ3v) is 3.83. The largest absolute Gasteiger partial charge is 0.356 e. The van der Waals surface area contributed by atoms with E-state index in [0.717, 1.165) is 36.1 Å². The number of benzene rings is 1. The lowest BCUT2D eigenvalue weighted by atomic mass is 9.99. The van der Waals surface area contributed by atoms with Crippen LogP contribution in [-0.2, 0) is 0 Å². The molecule has 0 aliphatic carbocycles. The van der Waals surface area contributed by atoms with Crippen molar-refractivity contribution in [3.8, 4) is 11.3 Å². The Hall–Kier alpha value is -1.90. The summed E-state index contributed by atoms with van der Waals surface area (Å²) in [5.74, 6) is 1.90. The van der Waals surface area contributed by atoms with E-state index in [0.29, 0.717) is 0 Å². The first-order valence-electron chi connectivity index (χ1n) is 6.95. The first-order chi connectivity index (χ1) is 9.33. The zero-order valence-corrected chi connectivity index (χ0v) is 11.3. The van der Waals surface area contributed by atoms with Crippen molar-refractivity contribution in [2.24, 2.45) is 5.92 Å². The second kappa shape index (κ2) is 5.39. The number of aromatic nitrogens is 2. The Labute approximate surface area is 114 Å². The van der Waals surface area contributed by atoms with Crippen molar-refractivity contribution >= 4 is 5.82 Å². The molecule has 0 radical (unpaired) electrons. The van der Waals surface area contributed by atoms with Crippen LogP contribution in [0.4, 0.5) is 5.82 Å². The Morgan fingerprint density at radius 2 is 1.79 bits per heavy atom. The molecule has 2 aromatic rings. The second-order valence-corrected chi connectivity index (χ2v) is 5.30. The van der Waals surface area contributed by atoms with Crippen molar-refractivity contribution in [3.05, 3.63) is 42.7 Å². The number of nitrogens with zero attached hydrogens (tertiary/aromatic N) is 3. The van der Waals surface area contributed by atoms with Gasteiger partial charge in [-0.05, 0) is 18.8 Å². The van der Waals surface area contributed by atoms with Crippen molar-refractivity contribution in [1.29, 1.82) is 0 Å². The summed E-state index contributed by atoms with van der Waals surface area (Å²) in [7, 11) is 0. The number of anilines is 1. The van der Waals surface area contributed by atoms with Gasteiger partial charge in [-0.2, -0.15) is 0 Å². The van der Waals surface area contributed by atoms with Crippen LogP contribution >= 0.6 is 0 Å². The lowest BCUT2D eigenvalue weighted by Crippen LogP contribution is -2.33. The topological polar surface area (TPSA) is 29.0 Å². The molecule has 19 heavy (non-hydrogen) atoms. The highest BCUT2D eigenvalue weighted by Crippen LogP contribution is 2.24. The average Bonchev–Trinajstić information content (AvgIpc) is 2.49. The van der Waals surface area contributed by atoms with Gasteiger partial charge in [-0.15, -0.1) is 0 Å². The van der Waals surface area contributed by atoms with Crippen molar-refractivity contribution in [2.45, 2.75) is 19.8 Å². The van der Waals surface area contributed by atoms with Crippen molar-refractivity contribution in [1.82, 2.24) is 9.97 Å². The van der Waals surface area contributed by atoms with E-state index in [4.69, 9.17) is 0 Å². The summed E-state index contributed by atoms with van der Waals surface area (Å²) in [6, 6.07) is 12.4. The van der Waals surface area contributed by atoms with Crippen LogP contribution < -0.4 is 4.90 Å². The summed E-state index contributed by atoms with van der Waals surface area (Å²) >= 11 is 0. The number of piperidine rings is 1. The van der Waals surface area contributed by atoms with E-state index in [-0.39, 0.29) is 0 Å². The van der Waals surface area contributed by atoms with Crippen LogP contribution in [0, 0.1) is 5.92 Å². The van der Waals surface area contributed by atoms with Gasteiger partial charge in [0.05, 0.1) is 5.69 Å². The van der Waals surface area contributed by atoms with Crippen LogP contribution in [0.3, 0.4) is 0 Å². The van der Waals surface area contributed by atoms with E-state index in [1.54, 1.807) is 6.33 Å². The Kier molecular flexibility index (Phi) is 3.45. The summed E-state index contributed by atoms with van der Waals surface area (Å²) in [6.07, 6.45) is 4.19. The Bertz CT molecular complexity index is 531. The minimum absolute atomic E-state index is 0.840. The molecule has 1 saturated heterocycles. The van der Waals surface area contributed by atoms with E-state index < -0.39 is 0 Å². The van der Waals surface area contributed by atoms with Crippen molar-refractivity contribution in [2.75, 3.05) is 18.0 Å². The van der Waals surface area contributed by atoms with E-state index >= 15 is 0 Å². The number of hydrogen-bond donors (Lipinski definition) is 0. The lowest BCUT2D eigenvalue weighted by Gasteiger charge is -2.31. The summed E-state index contributed by atoms with van der Waals surface area (Å²) in [6.45, 7) is 4.53. The standard InChI is InChI=1S/C16H19N3/c1-13-7-9-19(10-8-13)16-11-15(17-12-18-16)14-5-3-2-4-6-14/h2-6,11-13H,7-10H2,1H3. The summed E-state index contributed by atoms with van der Waals surface area (Å²) in [5, 5.41) is 0. The molecule has 0 saturated carbocycles. The van der Waals surface area contributed by atoms with Gasteiger partial charge in [0.25, 0.3) is 0 Å². The molecule has 98 valence electrons. The highest BCUT2D eigenvalue weighted by molar-refractivity contribution is 5.62. The maximum atomic E-state index is 4.43. The monoisotopic (exact) mass is 253 g/mol. The van der Waals surface area contributed by atoms with Gasteiger partial charge in [0.15, 0.2) is 0 Å². The molecule has 1 fully saturated rings. The van der Waals surface area contributed by atoms with Gasteiger partial charge in [-0.1, -0.05) is 37.3 Å². The van der Waals surface area contributed by atoms with Crippen LogP contribution in [0.25, 0.3) is 11.3 Å². The molecule has 3 heteroatoms. The summed E-state index contributed by atoms with van der Waals surface area (Å²) in [5.41, 5.74) is 2.15. The first-order valence-corrected chi connectivity index (χ1v) is 6.95.